The van der Waals surface area contributed by atoms with Crippen molar-refractivity contribution in [2.75, 3.05) is 7.11 Å². The third-order valence-electron chi connectivity index (χ3n) is 3.71. The molecular weight excluding hydrogens is 356 g/mol. The number of esters is 1. The van der Waals surface area contributed by atoms with E-state index in [9.17, 15) is 9.59 Å². The molecule has 25 heavy (non-hydrogen) atoms. The van der Waals surface area contributed by atoms with Gasteiger partial charge < -0.3 is 15.0 Å². The molecule has 0 aliphatic carbocycles. The Morgan fingerprint density at radius 2 is 1.84 bits per heavy atom. The summed E-state index contributed by atoms with van der Waals surface area (Å²) in [4.78, 5) is 28.8. The molecule has 0 unspecified atom stereocenters. The molecular formula is C18H18N2O3S2. The smallest absolute Gasteiger partial charge is 0.306 e. The van der Waals surface area contributed by atoms with E-state index in [1.165, 1.54) is 7.11 Å². The largest absolute Gasteiger partial charge is 0.469 e. The van der Waals surface area contributed by atoms with Crippen LogP contribution in [-0.4, -0.2) is 24.0 Å². The molecule has 3 rings (SSSR count). The van der Waals surface area contributed by atoms with Crippen LogP contribution in [0.5, 0.6) is 0 Å². The average Bonchev–Trinajstić information content (AvgIpc) is 3.37. The Labute approximate surface area is 153 Å². The maximum Gasteiger partial charge on any atom is 0.306 e. The Balaban J connectivity index is 1.73. The van der Waals surface area contributed by atoms with Crippen LogP contribution in [0.4, 0.5) is 0 Å². The van der Waals surface area contributed by atoms with Crippen molar-refractivity contribution in [3.05, 3.63) is 46.7 Å². The quantitative estimate of drug-likeness (QED) is 0.613. The highest BCUT2D eigenvalue weighted by molar-refractivity contribution is 7.14. The predicted octanol–water partition coefficient (Wildman–Crippen LogP) is 4.04. The second-order valence-electron chi connectivity index (χ2n) is 5.39. The highest BCUT2D eigenvalue weighted by Gasteiger charge is 2.14. The number of aromatic nitrogens is 1. The van der Waals surface area contributed by atoms with Crippen LogP contribution in [0.3, 0.4) is 0 Å². The Morgan fingerprint density at radius 1 is 1.12 bits per heavy atom. The van der Waals surface area contributed by atoms with E-state index in [0.29, 0.717) is 6.54 Å². The molecule has 0 aromatic carbocycles. The summed E-state index contributed by atoms with van der Waals surface area (Å²) in [5, 5.41) is 6.95. The maximum atomic E-state index is 11.9. The fourth-order valence-corrected chi connectivity index (χ4v) is 3.90. The Bertz CT molecular complexity index is 836. The van der Waals surface area contributed by atoms with Crippen LogP contribution in [0.25, 0.3) is 21.1 Å². The number of rotatable bonds is 7. The van der Waals surface area contributed by atoms with Gasteiger partial charge >= 0.3 is 5.97 Å². The molecule has 3 aromatic rings. The summed E-state index contributed by atoms with van der Waals surface area (Å²) in [5.41, 5.74) is 3.08. The first-order valence-electron chi connectivity index (χ1n) is 7.80. The van der Waals surface area contributed by atoms with Gasteiger partial charge in [-0.15, -0.1) is 22.7 Å². The van der Waals surface area contributed by atoms with E-state index in [-0.39, 0.29) is 24.7 Å². The first-order chi connectivity index (χ1) is 12.2. The van der Waals surface area contributed by atoms with E-state index >= 15 is 0 Å². The molecule has 3 heterocycles. The van der Waals surface area contributed by atoms with Crippen molar-refractivity contribution < 1.29 is 14.3 Å². The molecule has 0 saturated carbocycles. The number of ether oxygens (including phenoxy) is 1. The summed E-state index contributed by atoms with van der Waals surface area (Å²) < 4.78 is 4.55. The van der Waals surface area contributed by atoms with Gasteiger partial charge in [0.05, 0.1) is 34.7 Å². The summed E-state index contributed by atoms with van der Waals surface area (Å²) in [7, 11) is 1.32. The van der Waals surface area contributed by atoms with Crippen LogP contribution in [0.1, 0.15) is 18.4 Å². The van der Waals surface area contributed by atoms with Gasteiger partial charge in [-0.3, -0.25) is 9.59 Å². The van der Waals surface area contributed by atoms with Gasteiger partial charge in [-0.05, 0) is 34.5 Å². The molecule has 0 spiro atoms. The summed E-state index contributed by atoms with van der Waals surface area (Å²) in [6.45, 7) is 0.412. The number of carbonyl (C=O) groups is 2. The fourth-order valence-electron chi connectivity index (χ4n) is 2.44. The van der Waals surface area contributed by atoms with Crippen molar-refractivity contribution in [3.8, 4) is 21.1 Å². The molecule has 0 atom stereocenters. The SMILES string of the molecule is COC(=O)CCC(=O)NCc1cc(-c2cccs2)[nH]c1-c1cccs1. The number of H-pyrrole nitrogens is 1. The van der Waals surface area contributed by atoms with Gasteiger partial charge in [0, 0.05) is 13.0 Å². The van der Waals surface area contributed by atoms with Gasteiger partial charge in [0.2, 0.25) is 5.91 Å². The minimum atomic E-state index is -0.379. The molecule has 0 aliphatic rings. The predicted molar refractivity (Wildman–Crippen MR) is 101 cm³/mol. The van der Waals surface area contributed by atoms with Crippen LogP contribution in [-0.2, 0) is 20.9 Å². The molecule has 0 bridgehead atoms. The third-order valence-corrected chi connectivity index (χ3v) is 5.50. The van der Waals surface area contributed by atoms with Crippen molar-refractivity contribution in [1.82, 2.24) is 10.3 Å². The van der Waals surface area contributed by atoms with E-state index in [2.05, 4.69) is 33.2 Å². The minimum Gasteiger partial charge on any atom is -0.469 e. The van der Waals surface area contributed by atoms with Crippen molar-refractivity contribution in [2.45, 2.75) is 19.4 Å². The van der Waals surface area contributed by atoms with E-state index < -0.39 is 0 Å². The first-order valence-corrected chi connectivity index (χ1v) is 9.56. The van der Waals surface area contributed by atoms with Gasteiger partial charge in [-0.2, -0.15) is 0 Å². The van der Waals surface area contributed by atoms with Crippen LogP contribution in [0.15, 0.2) is 41.1 Å². The van der Waals surface area contributed by atoms with E-state index in [1.54, 1.807) is 22.7 Å². The molecule has 1 amide bonds. The average molecular weight is 374 g/mol. The van der Waals surface area contributed by atoms with Crippen molar-refractivity contribution >= 4 is 34.6 Å². The molecule has 0 radical (unpaired) electrons. The van der Waals surface area contributed by atoms with Gasteiger partial charge in [0.1, 0.15) is 0 Å². The number of hydrogen-bond acceptors (Lipinski definition) is 5. The molecule has 2 N–H and O–H groups in total. The lowest BCUT2D eigenvalue weighted by Crippen LogP contribution is -2.23. The van der Waals surface area contributed by atoms with Crippen LogP contribution < -0.4 is 5.32 Å². The Kier molecular flexibility index (Phi) is 5.67. The van der Waals surface area contributed by atoms with Gasteiger partial charge in [0.15, 0.2) is 0 Å². The number of nitrogens with one attached hydrogen (secondary N) is 2. The van der Waals surface area contributed by atoms with E-state index in [4.69, 9.17) is 0 Å². The van der Waals surface area contributed by atoms with Gasteiger partial charge in [-0.25, -0.2) is 0 Å². The highest BCUT2D eigenvalue weighted by atomic mass is 32.1. The second kappa shape index (κ2) is 8.13. The molecule has 0 fully saturated rings. The topological polar surface area (TPSA) is 71.2 Å². The van der Waals surface area contributed by atoms with Crippen LogP contribution >= 0.6 is 22.7 Å². The van der Waals surface area contributed by atoms with Crippen LogP contribution in [0, 0.1) is 0 Å². The van der Waals surface area contributed by atoms with Crippen molar-refractivity contribution in [1.29, 1.82) is 0 Å². The lowest BCUT2D eigenvalue weighted by atomic mass is 10.2. The fraction of sp³-hybridized carbons (Fsp3) is 0.222. The van der Waals surface area contributed by atoms with Crippen LogP contribution in [0.2, 0.25) is 0 Å². The number of thiophene rings is 2. The number of hydrogen-bond donors (Lipinski definition) is 2. The molecule has 3 aromatic heterocycles. The number of aromatic amines is 1. The van der Waals surface area contributed by atoms with E-state index in [0.717, 1.165) is 26.7 Å². The Morgan fingerprint density at radius 3 is 2.48 bits per heavy atom. The zero-order valence-corrected chi connectivity index (χ0v) is 15.3. The monoisotopic (exact) mass is 374 g/mol. The zero-order chi connectivity index (χ0) is 17.6. The number of methoxy groups -OCH3 is 1. The van der Waals surface area contributed by atoms with Crippen molar-refractivity contribution in [3.63, 3.8) is 0 Å². The van der Waals surface area contributed by atoms with Gasteiger partial charge in [-0.1, -0.05) is 12.1 Å². The lowest BCUT2D eigenvalue weighted by molar-refractivity contribution is -0.142. The second-order valence-corrected chi connectivity index (χ2v) is 7.29. The minimum absolute atomic E-state index is 0.0910. The summed E-state index contributed by atoms with van der Waals surface area (Å²) >= 11 is 3.32. The lowest BCUT2D eigenvalue weighted by Gasteiger charge is -2.05. The van der Waals surface area contributed by atoms with Crippen molar-refractivity contribution in [2.24, 2.45) is 0 Å². The van der Waals surface area contributed by atoms with E-state index in [1.807, 2.05) is 22.9 Å². The maximum absolute atomic E-state index is 11.9. The first kappa shape index (κ1) is 17.4. The summed E-state index contributed by atoms with van der Waals surface area (Å²) in [5.74, 6) is -0.544. The summed E-state index contributed by atoms with van der Waals surface area (Å²) in [6.07, 6.45) is 0.219. The van der Waals surface area contributed by atoms with Gasteiger partial charge in [0.25, 0.3) is 0 Å². The molecule has 130 valence electrons. The molecule has 0 aliphatic heterocycles. The third kappa shape index (κ3) is 4.37. The Hall–Kier alpha value is -2.38. The standard InChI is InChI=1S/C18H18N2O3S2/c1-23-17(22)7-6-16(21)19-11-12-10-13(14-4-2-8-24-14)20-18(12)15-5-3-9-25-15/h2-5,8-10,20H,6-7,11H2,1H3,(H,19,21). The molecule has 5 nitrogen and oxygen atoms in total. The summed E-state index contributed by atoms with van der Waals surface area (Å²) in [6, 6.07) is 10.2. The zero-order valence-electron chi connectivity index (χ0n) is 13.7. The normalized spacial score (nSPS) is 10.6. The molecule has 7 heteroatoms. The number of amides is 1. The highest BCUT2D eigenvalue weighted by Crippen LogP contribution is 2.33. The molecule has 0 saturated heterocycles. The number of carbonyl (C=O) groups excluding carboxylic acids is 2.